The topological polar surface area (TPSA) is 64.6 Å². The minimum Gasteiger partial charge on any atom is -0.493 e. The largest absolute Gasteiger partial charge is 0.493 e. The van der Waals surface area contributed by atoms with Crippen molar-refractivity contribution in [2.24, 2.45) is 10.9 Å². The molecule has 0 saturated carbocycles. The Bertz CT molecular complexity index is 607. The van der Waals surface area contributed by atoms with E-state index in [1.165, 1.54) is 0 Å². The van der Waals surface area contributed by atoms with Crippen LogP contribution in [0.1, 0.15) is 12.0 Å². The van der Waals surface area contributed by atoms with Crippen LogP contribution in [0.2, 0.25) is 0 Å². The van der Waals surface area contributed by atoms with Crippen LogP contribution in [0.4, 0.5) is 0 Å². The molecule has 0 radical (unpaired) electrons. The highest BCUT2D eigenvalue weighted by Crippen LogP contribution is 2.39. The molecule has 1 N–H and O–H groups in total. The third-order valence-electron chi connectivity index (χ3n) is 4.59. The molecule has 1 heterocycles. The summed E-state index contributed by atoms with van der Waals surface area (Å²) in [4.78, 5) is 6.54. The van der Waals surface area contributed by atoms with E-state index in [1.807, 2.05) is 12.1 Å². The van der Waals surface area contributed by atoms with Crippen LogP contribution in [0.25, 0.3) is 0 Å². The van der Waals surface area contributed by atoms with Crippen molar-refractivity contribution in [3.63, 3.8) is 0 Å². The summed E-state index contributed by atoms with van der Waals surface area (Å²) in [6, 6.07) is 3.90. The number of rotatable bonds is 8. The van der Waals surface area contributed by atoms with E-state index in [9.17, 15) is 0 Å². The Labute approximate surface area is 179 Å². The number of ether oxygens (including phenoxy) is 4. The first-order chi connectivity index (χ1) is 12.6. The monoisotopic (exact) mass is 493 g/mol. The number of benzene rings is 1. The lowest BCUT2D eigenvalue weighted by molar-refractivity contribution is 0.181. The van der Waals surface area contributed by atoms with E-state index in [0.717, 1.165) is 50.7 Å². The predicted molar refractivity (Wildman–Crippen MR) is 118 cm³/mol. The second kappa shape index (κ2) is 12.1. The number of nitrogens with zero attached hydrogens (tertiary/aromatic N) is 2. The minimum absolute atomic E-state index is 0. The van der Waals surface area contributed by atoms with E-state index in [2.05, 4.69) is 22.3 Å². The van der Waals surface area contributed by atoms with Gasteiger partial charge in [-0.05, 0) is 18.9 Å². The van der Waals surface area contributed by atoms with Gasteiger partial charge in [0.05, 0.1) is 27.9 Å². The van der Waals surface area contributed by atoms with Gasteiger partial charge < -0.3 is 29.2 Å². The van der Waals surface area contributed by atoms with Crippen molar-refractivity contribution in [1.82, 2.24) is 10.2 Å². The van der Waals surface area contributed by atoms with E-state index < -0.39 is 0 Å². The van der Waals surface area contributed by atoms with Gasteiger partial charge in [0.15, 0.2) is 17.5 Å². The molecule has 8 heteroatoms. The first kappa shape index (κ1) is 23.6. The highest BCUT2D eigenvalue weighted by Gasteiger charge is 2.19. The molecule has 1 aromatic rings. The zero-order valence-corrected chi connectivity index (χ0v) is 19.2. The normalized spacial score (nSPS) is 16.5. The van der Waals surface area contributed by atoms with Crippen LogP contribution in [-0.2, 0) is 11.2 Å². The van der Waals surface area contributed by atoms with Gasteiger partial charge in [-0.3, -0.25) is 4.99 Å². The van der Waals surface area contributed by atoms with Gasteiger partial charge in [0, 0.05) is 45.3 Å². The molecule has 0 aliphatic carbocycles. The fraction of sp³-hybridized carbons (Fsp3) is 0.632. The number of halogens is 1. The van der Waals surface area contributed by atoms with Gasteiger partial charge in [0.2, 0.25) is 5.75 Å². The Morgan fingerprint density at radius 3 is 2.52 bits per heavy atom. The van der Waals surface area contributed by atoms with Crippen molar-refractivity contribution in [2.75, 3.05) is 61.7 Å². The standard InChI is InChI=1S/C19H31N3O4.HI/c1-20-19(22(2)12-14-9-11-26-13-14)21-10-8-15-6-7-16(23-3)18(25-5)17(15)24-4;/h6-7,14H,8-13H2,1-5H3,(H,20,21);1H. The lowest BCUT2D eigenvalue weighted by atomic mass is 10.1. The molecule has 0 aromatic heterocycles. The average molecular weight is 493 g/mol. The zero-order chi connectivity index (χ0) is 18.9. The SMILES string of the molecule is CN=C(NCCc1ccc(OC)c(OC)c1OC)N(C)CC1CCOC1.I. The number of guanidine groups is 1. The van der Waals surface area contributed by atoms with Crippen molar-refractivity contribution in [2.45, 2.75) is 12.8 Å². The molecule has 0 spiro atoms. The van der Waals surface area contributed by atoms with E-state index in [-0.39, 0.29) is 24.0 Å². The van der Waals surface area contributed by atoms with Crippen LogP contribution in [0.5, 0.6) is 17.2 Å². The van der Waals surface area contributed by atoms with Gasteiger partial charge in [-0.25, -0.2) is 0 Å². The first-order valence-corrected chi connectivity index (χ1v) is 8.91. The van der Waals surface area contributed by atoms with E-state index in [1.54, 1.807) is 28.4 Å². The average Bonchev–Trinajstić information content (AvgIpc) is 3.17. The maximum atomic E-state index is 5.54. The summed E-state index contributed by atoms with van der Waals surface area (Å²) in [6.45, 7) is 3.39. The Morgan fingerprint density at radius 2 is 1.96 bits per heavy atom. The van der Waals surface area contributed by atoms with Crippen LogP contribution >= 0.6 is 24.0 Å². The van der Waals surface area contributed by atoms with E-state index in [0.29, 0.717) is 23.2 Å². The van der Waals surface area contributed by atoms with Crippen LogP contribution in [0.15, 0.2) is 17.1 Å². The summed E-state index contributed by atoms with van der Waals surface area (Å²) in [7, 11) is 8.75. The summed E-state index contributed by atoms with van der Waals surface area (Å²) in [6.07, 6.45) is 1.90. The van der Waals surface area contributed by atoms with Crippen LogP contribution in [0.3, 0.4) is 0 Å². The second-order valence-electron chi connectivity index (χ2n) is 6.33. The molecule has 0 amide bonds. The summed E-state index contributed by atoms with van der Waals surface area (Å²) in [5.74, 6) is 3.45. The van der Waals surface area contributed by atoms with Crippen molar-refractivity contribution >= 4 is 29.9 Å². The molecule has 154 valence electrons. The Hall–Kier alpha value is -1.42. The predicted octanol–water partition coefficient (Wildman–Crippen LogP) is 2.42. The molecule has 1 unspecified atom stereocenters. The smallest absolute Gasteiger partial charge is 0.203 e. The molecule has 1 aromatic carbocycles. The number of hydrogen-bond donors (Lipinski definition) is 1. The lowest BCUT2D eigenvalue weighted by Gasteiger charge is -2.24. The number of methoxy groups -OCH3 is 3. The van der Waals surface area contributed by atoms with Crippen molar-refractivity contribution in [3.8, 4) is 17.2 Å². The maximum Gasteiger partial charge on any atom is 0.203 e. The number of aliphatic imine (C=N–C) groups is 1. The zero-order valence-electron chi connectivity index (χ0n) is 16.9. The highest BCUT2D eigenvalue weighted by molar-refractivity contribution is 14.0. The molecular formula is C19H32IN3O4. The summed E-state index contributed by atoms with van der Waals surface area (Å²) < 4.78 is 21.8. The second-order valence-corrected chi connectivity index (χ2v) is 6.33. The Morgan fingerprint density at radius 1 is 1.22 bits per heavy atom. The van der Waals surface area contributed by atoms with Gasteiger partial charge in [0.25, 0.3) is 0 Å². The fourth-order valence-electron chi connectivity index (χ4n) is 3.25. The van der Waals surface area contributed by atoms with Crippen molar-refractivity contribution in [3.05, 3.63) is 17.7 Å². The summed E-state index contributed by atoms with van der Waals surface area (Å²) in [5, 5.41) is 3.42. The molecule has 1 aliphatic heterocycles. The molecule has 1 aliphatic rings. The maximum absolute atomic E-state index is 5.54. The van der Waals surface area contributed by atoms with E-state index in [4.69, 9.17) is 18.9 Å². The van der Waals surface area contributed by atoms with Gasteiger partial charge in [-0.2, -0.15) is 0 Å². The summed E-state index contributed by atoms with van der Waals surface area (Å²) >= 11 is 0. The molecule has 7 nitrogen and oxygen atoms in total. The highest BCUT2D eigenvalue weighted by atomic mass is 127. The molecule has 1 atom stereocenters. The minimum atomic E-state index is 0. The third-order valence-corrected chi connectivity index (χ3v) is 4.59. The molecular weight excluding hydrogens is 461 g/mol. The molecule has 1 fully saturated rings. The van der Waals surface area contributed by atoms with Crippen LogP contribution in [-0.4, -0.2) is 72.6 Å². The molecule has 0 bridgehead atoms. The quantitative estimate of drug-likeness (QED) is 0.341. The Balaban J connectivity index is 0.00000364. The third kappa shape index (κ3) is 6.31. The molecule has 1 saturated heterocycles. The number of hydrogen-bond acceptors (Lipinski definition) is 5. The van der Waals surface area contributed by atoms with Gasteiger partial charge >= 0.3 is 0 Å². The summed E-state index contributed by atoms with van der Waals surface area (Å²) in [5.41, 5.74) is 1.06. The first-order valence-electron chi connectivity index (χ1n) is 8.91. The molecule has 27 heavy (non-hydrogen) atoms. The number of nitrogens with one attached hydrogen (secondary N) is 1. The van der Waals surface area contributed by atoms with Crippen LogP contribution in [0, 0.1) is 5.92 Å². The molecule has 2 rings (SSSR count). The van der Waals surface area contributed by atoms with Gasteiger partial charge in [-0.1, -0.05) is 6.07 Å². The van der Waals surface area contributed by atoms with Crippen LogP contribution < -0.4 is 19.5 Å². The van der Waals surface area contributed by atoms with E-state index >= 15 is 0 Å². The fourth-order valence-corrected chi connectivity index (χ4v) is 3.25. The van der Waals surface area contributed by atoms with Gasteiger partial charge in [-0.15, -0.1) is 24.0 Å². The lowest BCUT2D eigenvalue weighted by Crippen LogP contribution is -2.42. The van der Waals surface area contributed by atoms with Gasteiger partial charge in [0.1, 0.15) is 0 Å². The van der Waals surface area contributed by atoms with Crippen molar-refractivity contribution in [1.29, 1.82) is 0 Å². The van der Waals surface area contributed by atoms with Crippen molar-refractivity contribution < 1.29 is 18.9 Å². The Kier molecular flexibility index (Phi) is 10.6.